The Bertz CT molecular complexity index is 899. The molecular weight excluding hydrogens is 414 g/mol. The van der Waals surface area contributed by atoms with Crippen molar-refractivity contribution in [2.24, 2.45) is 0 Å². The Labute approximate surface area is 165 Å². The van der Waals surface area contributed by atoms with Gasteiger partial charge in [-0.15, -0.1) is 0 Å². The van der Waals surface area contributed by atoms with E-state index in [2.05, 4.69) is 10.6 Å². The number of nitrogens with one attached hydrogen (secondary N) is 2. The summed E-state index contributed by atoms with van der Waals surface area (Å²) < 4.78 is 49.5. The first-order valence-corrected chi connectivity index (χ1v) is 12.3. The second-order valence-electron chi connectivity index (χ2n) is 6.26. The van der Waals surface area contributed by atoms with Crippen molar-refractivity contribution in [2.75, 3.05) is 36.5 Å². The van der Waals surface area contributed by atoms with Crippen LogP contribution in [0.25, 0.3) is 0 Å². The third-order valence-corrected chi connectivity index (χ3v) is 8.60. The molecule has 1 saturated heterocycles. The van der Waals surface area contributed by atoms with E-state index in [-0.39, 0.29) is 39.9 Å². The lowest BCUT2D eigenvalue weighted by molar-refractivity contribution is -0.119. The summed E-state index contributed by atoms with van der Waals surface area (Å²) in [6, 6.07) is 4.05. The highest BCUT2D eigenvalue weighted by Crippen LogP contribution is 2.27. The molecule has 0 aliphatic carbocycles. The first kappa shape index (κ1) is 21.9. The van der Waals surface area contributed by atoms with E-state index < -0.39 is 19.9 Å². The van der Waals surface area contributed by atoms with Crippen molar-refractivity contribution in [3.8, 4) is 0 Å². The second-order valence-corrected chi connectivity index (χ2v) is 10.8. The molecule has 0 saturated carbocycles. The Morgan fingerprint density at radius 2 is 1.96 bits per heavy atom. The SMILES string of the molecule is CCN(CC)S(=O)(=O)c1cc(NCC(=O)N[C@H]2CCS(=O)(=O)C2)ccc1Cl. The van der Waals surface area contributed by atoms with Crippen LogP contribution in [0.15, 0.2) is 23.1 Å². The van der Waals surface area contributed by atoms with Crippen molar-refractivity contribution in [1.29, 1.82) is 0 Å². The molecule has 0 spiro atoms. The number of amides is 1. The molecule has 0 unspecified atom stereocenters. The van der Waals surface area contributed by atoms with Gasteiger partial charge in [0.1, 0.15) is 4.90 Å². The summed E-state index contributed by atoms with van der Waals surface area (Å²) in [7, 11) is -6.80. The number of halogens is 1. The molecule has 11 heteroatoms. The first-order valence-electron chi connectivity index (χ1n) is 8.62. The van der Waals surface area contributed by atoms with Crippen molar-refractivity contribution >= 4 is 43.1 Å². The average molecular weight is 438 g/mol. The minimum atomic E-state index is -3.73. The van der Waals surface area contributed by atoms with Crippen LogP contribution in [0.5, 0.6) is 0 Å². The number of anilines is 1. The quantitative estimate of drug-likeness (QED) is 0.629. The van der Waals surface area contributed by atoms with Gasteiger partial charge in [-0.25, -0.2) is 16.8 Å². The van der Waals surface area contributed by atoms with E-state index >= 15 is 0 Å². The van der Waals surface area contributed by atoms with E-state index in [1.54, 1.807) is 19.9 Å². The molecule has 1 aliphatic heterocycles. The molecule has 2 rings (SSSR count). The zero-order chi connectivity index (χ0) is 20.2. The van der Waals surface area contributed by atoms with E-state index in [9.17, 15) is 21.6 Å². The summed E-state index contributed by atoms with van der Waals surface area (Å²) in [4.78, 5) is 12.0. The van der Waals surface area contributed by atoms with E-state index in [0.29, 0.717) is 25.2 Å². The van der Waals surface area contributed by atoms with Gasteiger partial charge in [0.2, 0.25) is 15.9 Å². The number of sulfone groups is 1. The molecule has 1 amide bonds. The molecule has 152 valence electrons. The van der Waals surface area contributed by atoms with E-state index in [0.717, 1.165) is 0 Å². The molecule has 1 aromatic carbocycles. The molecule has 0 radical (unpaired) electrons. The number of hydrogen-bond acceptors (Lipinski definition) is 6. The first-order chi connectivity index (χ1) is 12.6. The monoisotopic (exact) mass is 437 g/mol. The van der Waals surface area contributed by atoms with Gasteiger partial charge >= 0.3 is 0 Å². The number of carbonyl (C=O) groups excluding carboxylic acids is 1. The number of sulfonamides is 1. The Morgan fingerprint density at radius 1 is 1.30 bits per heavy atom. The van der Waals surface area contributed by atoms with Gasteiger partial charge in [0.25, 0.3) is 0 Å². The van der Waals surface area contributed by atoms with Crippen LogP contribution < -0.4 is 10.6 Å². The van der Waals surface area contributed by atoms with Gasteiger partial charge in [-0.3, -0.25) is 4.79 Å². The number of hydrogen-bond donors (Lipinski definition) is 2. The lowest BCUT2D eigenvalue weighted by Gasteiger charge is -2.20. The van der Waals surface area contributed by atoms with Gasteiger partial charge in [0.15, 0.2) is 9.84 Å². The summed E-state index contributed by atoms with van der Waals surface area (Å²) in [6.45, 7) is 4.01. The highest BCUT2D eigenvalue weighted by atomic mass is 35.5. The third kappa shape index (κ3) is 5.56. The van der Waals surface area contributed by atoms with Gasteiger partial charge in [-0.1, -0.05) is 25.4 Å². The van der Waals surface area contributed by atoms with Gasteiger partial charge < -0.3 is 10.6 Å². The van der Waals surface area contributed by atoms with Gasteiger partial charge in [0, 0.05) is 24.8 Å². The number of benzene rings is 1. The van der Waals surface area contributed by atoms with Crippen LogP contribution in [0.1, 0.15) is 20.3 Å². The minimum Gasteiger partial charge on any atom is -0.376 e. The van der Waals surface area contributed by atoms with Gasteiger partial charge in [0.05, 0.1) is 23.1 Å². The van der Waals surface area contributed by atoms with E-state index in [1.807, 2.05) is 0 Å². The molecule has 0 aromatic heterocycles. The predicted octanol–water partition coefficient (Wildman–Crippen LogP) is 1.09. The highest BCUT2D eigenvalue weighted by Gasteiger charge is 2.29. The topological polar surface area (TPSA) is 113 Å². The fourth-order valence-corrected chi connectivity index (χ4v) is 6.52. The van der Waals surface area contributed by atoms with Gasteiger partial charge in [-0.2, -0.15) is 4.31 Å². The lowest BCUT2D eigenvalue weighted by Crippen LogP contribution is -2.39. The fourth-order valence-electron chi connectivity index (χ4n) is 2.88. The van der Waals surface area contributed by atoms with Crippen molar-refractivity contribution in [2.45, 2.75) is 31.2 Å². The maximum atomic E-state index is 12.7. The zero-order valence-electron chi connectivity index (χ0n) is 15.2. The summed E-state index contributed by atoms with van der Waals surface area (Å²) in [5, 5.41) is 5.62. The molecule has 1 fully saturated rings. The Balaban J connectivity index is 2.05. The smallest absolute Gasteiger partial charge is 0.244 e. The molecule has 8 nitrogen and oxygen atoms in total. The van der Waals surface area contributed by atoms with Crippen LogP contribution >= 0.6 is 11.6 Å². The van der Waals surface area contributed by atoms with Crippen molar-refractivity contribution in [3.63, 3.8) is 0 Å². The third-order valence-electron chi connectivity index (χ3n) is 4.31. The number of nitrogens with zero attached hydrogens (tertiary/aromatic N) is 1. The predicted molar refractivity (Wildman–Crippen MR) is 105 cm³/mol. The molecule has 1 heterocycles. The van der Waals surface area contributed by atoms with Crippen LogP contribution in [-0.2, 0) is 24.7 Å². The Morgan fingerprint density at radius 3 is 2.52 bits per heavy atom. The van der Waals surface area contributed by atoms with Crippen LogP contribution in [-0.4, -0.2) is 64.2 Å². The fraction of sp³-hybridized carbons (Fsp3) is 0.562. The largest absolute Gasteiger partial charge is 0.376 e. The second kappa shape index (κ2) is 8.76. The molecule has 1 aliphatic rings. The average Bonchev–Trinajstić information content (AvgIpc) is 2.93. The standard InChI is InChI=1S/C16H24ClN3O5S2/c1-3-20(4-2)27(24,25)15-9-12(5-6-14(15)17)18-10-16(21)19-13-7-8-26(22,23)11-13/h5-6,9,13,18H,3-4,7-8,10-11H2,1-2H3,(H,19,21)/t13-/m0/s1. The molecule has 27 heavy (non-hydrogen) atoms. The van der Waals surface area contributed by atoms with E-state index in [1.165, 1.54) is 16.4 Å². The zero-order valence-corrected chi connectivity index (χ0v) is 17.6. The summed E-state index contributed by atoms with van der Waals surface area (Å²) >= 11 is 6.07. The van der Waals surface area contributed by atoms with Crippen LogP contribution in [0.3, 0.4) is 0 Å². The summed E-state index contributed by atoms with van der Waals surface area (Å²) in [5.74, 6) is -0.332. The summed E-state index contributed by atoms with van der Waals surface area (Å²) in [6.07, 6.45) is 0.404. The number of rotatable bonds is 8. The Hall–Kier alpha value is -1.36. The maximum absolute atomic E-state index is 12.7. The normalized spacial score (nSPS) is 19.2. The molecular formula is C16H24ClN3O5S2. The van der Waals surface area contributed by atoms with Crippen molar-refractivity contribution in [1.82, 2.24) is 9.62 Å². The molecule has 1 aromatic rings. The molecule has 1 atom stereocenters. The lowest BCUT2D eigenvalue weighted by atomic mass is 10.2. The van der Waals surface area contributed by atoms with Crippen LogP contribution in [0.4, 0.5) is 5.69 Å². The molecule has 2 N–H and O–H groups in total. The van der Waals surface area contributed by atoms with Crippen LogP contribution in [0.2, 0.25) is 5.02 Å². The van der Waals surface area contributed by atoms with Gasteiger partial charge in [-0.05, 0) is 24.6 Å². The van der Waals surface area contributed by atoms with Crippen LogP contribution in [0, 0.1) is 0 Å². The maximum Gasteiger partial charge on any atom is 0.244 e. The minimum absolute atomic E-state index is 0.0276. The summed E-state index contributed by atoms with van der Waals surface area (Å²) in [5.41, 5.74) is 0.430. The number of carbonyl (C=O) groups is 1. The molecule has 0 bridgehead atoms. The Kier molecular flexibility index (Phi) is 7.12. The highest BCUT2D eigenvalue weighted by molar-refractivity contribution is 7.91. The van der Waals surface area contributed by atoms with Crippen molar-refractivity contribution in [3.05, 3.63) is 23.2 Å². The van der Waals surface area contributed by atoms with Crippen molar-refractivity contribution < 1.29 is 21.6 Å². The van der Waals surface area contributed by atoms with E-state index in [4.69, 9.17) is 11.6 Å².